The Balaban J connectivity index is 1.30. The fraction of sp³-hybridized carbons (Fsp3) is 0.0488. The minimum Gasteiger partial charge on any atom is -0.497 e. The summed E-state index contributed by atoms with van der Waals surface area (Å²) in [4.78, 5) is 39.2. The van der Waals surface area contributed by atoms with Gasteiger partial charge in [0.2, 0.25) is 5.82 Å². The van der Waals surface area contributed by atoms with Crippen molar-refractivity contribution in [3.05, 3.63) is 182 Å². The van der Waals surface area contributed by atoms with Crippen LogP contribution in [0, 0.1) is 59.3 Å². The first-order valence-electron chi connectivity index (χ1n) is 15.9. The van der Waals surface area contributed by atoms with Gasteiger partial charge in [-0.2, -0.15) is 0 Å². The summed E-state index contributed by atoms with van der Waals surface area (Å²) in [5.74, 6) is -21.8. The van der Waals surface area contributed by atoms with Crippen LogP contribution in [-0.2, 0) is 0 Å². The normalized spacial score (nSPS) is 11.0. The molecule has 0 atom stereocenters. The van der Waals surface area contributed by atoms with Gasteiger partial charge in [0.15, 0.2) is 63.9 Å². The van der Waals surface area contributed by atoms with Gasteiger partial charge in [-0.1, -0.05) is 0 Å². The molecule has 0 heterocycles. The van der Waals surface area contributed by atoms with Crippen molar-refractivity contribution in [3.63, 3.8) is 0 Å². The Hall–Kier alpha value is -6.90. The van der Waals surface area contributed by atoms with Crippen molar-refractivity contribution in [1.29, 1.82) is 0 Å². The molecule has 0 bridgehead atoms. The van der Waals surface area contributed by atoms with Crippen molar-refractivity contribution >= 4 is 17.3 Å². The van der Waals surface area contributed by atoms with Crippen LogP contribution in [0.3, 0.4) is 0 Å². The monoisotopic (exact) mass is 780 g/mol. The van der Waals surface area contributed by atoms with E-state index in [1.807, 2.05) is 0 Å². The molecule has 56 heavy (non-hydrogen) atoms. The Morgan fingerprint density at radius 2 is 0.696 bits per heavy atom. The highest BCUT2D eigenvalue weighted by Crippen LogP contribution is 2.34. The zero-order valence-electron chi connectivity index (χ0n) is 28.5. The Bertz CT molecular complexity index is 2350. The van der Waals surface area contributed by atoms with Gasteiger partial charge in [0.25, 0.3) is 0 Å². The van der Waals surface area contributed by atoms with Gasteiger partial charge < -0.3 is 14.2 Å². The van der Waals surface area contributed by atoms with Crippen LogP contribution in [0.4, 0.5) is 39.5 Å². The highest BCUT2D eigenvalue weighted by atomic mass is 19.2. The molecule has 6 rings (SSSR count). The topological polar surface area (TPSA) is 78.9 Å². The van der Waals surface area contributed by atoms with Gasteiger partial charge in [0, 0.05) is 33.9 Å². The number of carbonyl (C=O) groups is 3. The molecule has 6 aromatic carbocycles. The van der Waals surface area contributed by atoms with Crippen molar-refractivity contribution in [1.82, 2.24) is 0 Å². The molecule has 0 spiro atoms. The Morgan fingerprint density at radius 1 is 0.375 bits per heavy atom. The average Bonchev–Trinajstić information content (AvgIpc) is 3.21. The molecule has 0 aliphatic carbocycles. The lowest BCUT2D eigenvalue weighted by molar-refractivity contribution is 0.102. The number of rotatable bonds is 11. The number of methoxy groups -OCH3 is 1. The second-order valence-corrected chi connectivity index (χ2v) is 11.9. The molecule has 0 aliphatic heterocycles. The van der Waals surface area contributed by atoms with Gasteiger partial charge in [-0.15, -0.1) is 0 Å². The van der Waals surface area contributed by atoms with Gasteiger partial charge in [0.1, 0.15) is 39.9 Å². The predicted molar refractivity (Wildman–Crippen MR) is 180 cm³/mol. The van der Waals surface area contributed by atoms with Crippen LogP contribution < -0.4 is 14.2 Å². The lowest BCUT2D eigenvalue weighted by atomic mass is 10.00. The van der Waals surface area contributed by atoms with E-state index in [4.69, 9.17) is 14.2 Å². The van der Waals surface area contributed by atoms with Gasteiger partial charge >= 0.3 is 0 Å². The Labute approximate surface area is 310 Å². The van der Waals surface area contributed by atoms with Gasteiger partial charge in [0.05, 0.1) is 7.11 Å². The first-order chi connectivity index (χ1) is 26.6. The summed E-state index contributed by atoms with van der Waals surface area (Å²) in [5, 5.41) is 0. The third-order valence-corrected chi connectivity index (χ3v) is 8.35. The van der Waals surface area contributed by atoms with Crippen LogP contribution in [0.2, 0.25) is 0 Å². The average molecular weight is 781 g/mol. The minimum atomic E-state index is -2.43. The fourth-order valence-electron chi connectivity index (χ4n) is 5.38. The number of ether oxygens (including phenoxy) is 3. The molecule has 284 valence electrons. The maximum atomic E-state index is 14.5. The largest absolute Gasteiger partial charge is 0.497 e. The van der Waals surface area contributed by atoms with E-state index >= 15 is 0 Å². The summed E-state index contributed by atoms with van der Waals surface area (Å²) < 4.78 is 144. The van der Waals surface area contributed by atoms with Gasteiger partial charge in [-0.3, -0.25) is 14.4 Å². The van der Waals surface area contributed by atoms with E-state index in [0.717, 1.165) is 43.3 Å². The maximum Gasteiger partial charge on any atom is 0.200 e. The van der Waals surface area contributed by atoms with Crippen LogP contribution in [0.5, 0.6) is 28.7 Å². The van der Waals surface area contributed by atoms with Crippen LogP contribution in [0.15, 0.2) is 91.0 Å². The van der Waals surface area contributed by atoms with E-state index in [1.54, 1.807) is 12.1 Å². The smallest absolute Gasteiger partial charge is 0.200 e. The summed E-state index contributed by atoms with van der Waals surface area (Å²) in [5.41, 5.74) is -4.60. The molecular formula is C41H21F9O6. The standard InChI is InChI=1S/C41H21F9O6/c1-18-30(42)32(44)28(33(45)31(18)43)40(52)20-5-11-24(12-6-20)55-26-15-22(39(51)19-3-9-23(54-2)10-4-19)16-27(17-26)56-25-13-7-21(8-14-25)41(53)29-34(46)36(48)38(50)37(49)35(29)47/h3-17H,1-2H3. The number of hydrogen-bond donors (Lipinski definition) is 0. The molecule has 0 amide bonds. The number of ketones is 3. The minimum absolute atomic E-state index is 0.0137. The number of halogens is 9. The molecule has 15 heteroatoms. The molecule has 0 saturated carbocycles. The van der Waals surface area contributed by atoms with Crippen molar-refractivity contribution in [2.24, 2.45) is 0 Å². The third kappa shape index (κ3) is 7.30. The fourth-order valence-corrected chi connectivity index (χ4v) is 5.38. The molecule has 6 nitrogen and oxygen atoms in total. The van der Waals surface area contributed by atoms with Crippen LogP contribution in [0.25, 0.3) is 0 Å². The van der Waals surface area contributed by atoms with E-state index in [0.29, 0.717) is 5.75 Å². The molecule has 0 aromatic heterocycles. The second kappa shape index (κ2) is 15.5. The number of hydrogen-bond acceptors (Lipinski definition) is 6. The van der Waals surface area contributed by atoms with Gasteiger partial charge in [-0.05, 0) is 91.9 Å². The molecule has 0 N–H and O–H groups in total. The third-order valence-electron chi connectivity index (χ3n) is 8.35. The summed E-state index contributed by atoms with van der Waals surface area (Å²) in [7, 11) is 1.43. The van der Waals surface area contributed by atoms with E-state index in [1.165, 1.54) is 49.6 Å². The lowest BCUT2D eigenvalue weighted by Crippen LogP contribution is -2.13. The van der Waals surface area contributed by atoms with Crippen LogP contribution in [-0.4, -0.2) is 24.5 Å². The lowest BCUT2D eigenvalue weighted by Gasteiger charge is -2.13. The molecule has 0 saturated heterocycles. The highest BCUT2D eigenvalue weighted by molar-refractivity contribution is 6.10. The molecule has 0 fully saturated rings. The molecule has 0 aliphatic rings. The quantitative estimate of drug-likeness (QED) is 0.0564. The van der Waals surface area contributed by atoms with Crippen molar-refractivity contribution < 1.29 is 68.1 Å². The predicted octanol–water partition coefficient (Wildman–Crippen LogP) is 10.5. The summed E-state index contributed by atoms with van der Waals surface area (Å²) in [6.07, 6.45) is 0. The Kier molecular flexibility index (Phi) is 10.7. The van der Waals surface area contributed by atoms with Crippen molar-refractivity contribution in [3.8, 4) is 28.7 Å². The number of benzene rings is 6. The van der Waals surface area contributed by atoms with Crippen LogP contribution >= 0.6 is 0 Å². The first kappa shape index (κ1) is 38.8. The van der Waals surface area contributed by atoms with E-state index in [2.05, 4.69) is 0 Å². The Morgan fingerprint density at radius 3 is 1.07 bits per heavy atom. The van der Waals surface area contributed by atoms with Gasteiger partial charge in [-0.25, -0.2) is 39.5 Å². The van der Waals surface area contributed by atoms with E-state index in [-0.39, 0.29) is 39.7 Å². The number of carbonyl (C=O) groups excluding carboxylic acids is 3. The summed E-state index contributed by atoms with van der Waals surface area (Å²) in [6.45, 7) is 0.809. The van der Waals surface area contributed by atoms with E-state index < -0.39 is 92.0 Å². The molecular weight excluding hydrogens is 759 g/mol. The van der Waals surface area contributed by atoms with Crippen molar-refractivity contribution in [2.75, 3.05) is 7.11 Å². The van der Waals surface area contributed by atoms with Crippen LogP contribution in [0.1, 0.15) is 53.3 Å². The molecule has 0 unspecified atom stereocenters. The zero-order valence-corrected chi connectivity index (χ0v) is 28.5. The second-order valence-electron chi connectivity index (χ2n) is 11.9. The highest BCUT2D eigenvalue weighted by Gasteiger charge is 2.31. The maximum absolute atomic E-state index is 14.5. The molecule has 0 radical (unpaired) electrons. The zero-order chi connectivity index (χ0) is 40.6. The van der Waals surface area contributed by atoms with E-state index in [9.17, 15) is 53.9 Å². The summed E-state index contributed by atoms with van der Waals surface area (Å²) >= 11 is 0. The summed E-state index contributed by atoms with van der Waals surface area (Å²) in [6, 6.07) is 18.8. The first-order valence-corrected chi connectivity index (χ1v) is 15.9. The molecule has 6 aromatic rings. The van der Waals surface area contributed by atoms with Crippen molar-refractivity contribution in [2.45, 2.75) is 6.92 Å². The SMILES string of the molecule is COc1ccc(C(=O)c2cc(Oc3ccc(C(=O)c4c(F)c(F)c(C)c(F)c4F)cc3)cc(Oc3ccc(C(=O)c4c(F)c(F)c(F)c(F)c4F)cc3)c2)cc1.